The SMILES string of the molecule is C[C@@H]1C[C@H](C)CN(S(=O)(=O)c2ccc(F)c(Cl)c2)C1. The zero-order valence-corrected chi connectivity index (χ0v) is 12.5. The highest BCUT2D eigenvalue weighted by atomic mass is 35.5. The number of hydrogen-bond donors (Lipinski definition) is 0. The predicted molar refractivity (Wildman–Crippen MR) is 73.1 cm³/mol. The van der Waals surface area contributed by atoms with E-state index in [4.69, 9.17) is 11.6 Å². The van der Waals surface area contributed by atoms with E-state index in [1.807, 2.05) is 13.8 Å². The first-order valence-corrected chi connectivity index (χ1v) is 8.07. The van der Waals surface area contributed by atoms with Crippen molar-refractivity contribution in [3.8, 4) is 0 Å². The van der Waals surface area contributed by atoms with Crippen molar-refractivity contribution in [2.24, 2.45) is 11.8 Å². The minimum absolute atomic E-state index is 0.0557. The van der Waals surface area contributed by atoms with Crippen LogP contribution in [0.4, 0.5) is 4.39 Å². The van der Waals surface area contributed by atoms with Gasteiger partial charge >= 0.3 is 0 Å². The molecule has 1 aromatic rings. The lowest BCUT2D eigenvalue weighted by atomic mass is 9.94. The van der Waals surface area contributed by atoms with Gasteiger partial charge in [-0.2, -0.15) is 4.31 Å². The van der Waals surface area contributed by atoms with Crippen LogP contribution in [0.2, 0.25) is 5.02 Å². The van der Waals surface area contributed by atoms with E-state index >= 15 is 0 Å². The molecule has 0 amide bonds. The summed E-state index contributed by atoms with van der Waals surface area (Å²) in [6, 6.07) is 3.53. The molecule has 1 saturated heterocycles. The Morgan fingerprint density at radius 2 is 1.84 bits per heavy atom. The van der Waals surface area contributed by atoms with Crippen LogP contribution in [0.15, 0.2) is 23.1 Å². The molecule has 2 rings (SSSR count). The van der Waals surface area contributed by atoms with Crippen LogP contribution >= 0.6 is 11.6 Å². The fraction of sp³-hybridized carbons (Fsp3) is 0.538. The molecule has 1 aromatic carbocycles. The molecule has 0 radical (unpaired) electrons. The van der Waals surface area contributed by atoms with Gasteiger partial charge < -0.3 is 0 Å². The summed E-state index contributed by atoms with van der Waals surface area (Å²) in [4.78, 5) is 0.0557. The third-order valence-corrected chi connectivity index (χ3v) is 5.48. The Balaban J connectivity index is 2.33. The maximum Gasteiger partial charge on any atom is 0.243 e. The van der Waals surface area contributed by atoms with Crippen molar-refractivity contribution in [2.75, 3.05) is 13.1 Å². The van der Waals surface area contributed by atoms with E-state index in [1.54, 1.807) is 0 Å². The summed E-state index contributed by atoms with van der Waals surface area (Å²) in [6.45, 7) is 5.08. The van der Waals surface area contributed by atoms with E-state index in [-0.39, 0.29) is 9.92 Å². The molecule has 1 aliphatic rings. The van der Waals surface area contributed by atoms with Crippen molar-refractivity contribution < 1.29 is 12.8 Å². The van der Waals surface area contributed by atoms with Gasteiger partial charge in [-0.25, -0.2) is 12.8 Å². The smallest absolute Gasteiger partial charge is 0.207 e. The van der Waals surface area contributed by atoms with Gasteiger partial charge in [-0.1, -0.05) is 25.4 Å². The second kappa shape index (κ2) is 5.38. The molecule has 2 atom stereocenters. The van der Waals surface area contributed by atoms with Crippen LogP contribution in [0, 0.1) is 17.7 Å². The predicted octanol–water partition coefficient (Wildman–Crippen LogP) is 3.15. The molecule has 6 heteroatoms. The highest BCUT2D eigenvalue weighted by Gasteiger charge is 2.31. The molecule has 3 nitrogen and oxygen atoms in total. The maximum absolute atomic E-state index is 13.1. The third-order valence-electron chi connectivity index (χ3n) is 3.36. The Labute approximate surface area is 118 Å². The van der Waals surface area contributed by atoms with Crippen molar-refractivity contribution in [3.05, 3.63) is 29.0 Å². The molecule has 0 aliphatic carbocycles. The van der Waals surface area contributed by atoms with Gasteiger partial charge in [0.2, 0.25) is 10.0 Å². The topological polar surface area (TPSA) is 37.4 Å². The molecule has 1 aliphatic heterocycles. The van der Waals surface area contributed by atoms with Crippen LogP contribution in [0.1, 0.15) is 20.3 Å². The van der Waals surface area contributed by atoms with Crippen LogP contribution in [-0.4, -0.2) is 25.8 Å². The number of rotatable bonds is 2. The zero-order chi connectivity index (χ0) is 14.2. The molecule has 0 spiro atoms. The van der Waals surface area contributed by atoms with Crippen molar-refractivity contribution >= 4 is 21.6 Å². The largest absolute Gasteiger partial charge is 0.243 e. The molecule has 0 saturated carbocycles. The van der Waals surface area contributed by atoms with Crippen LogP contribution in [0.5, 0.6) is 0 Å². The minimum atomic E-state index is -3.58. The Morgan fingerprint density at radius 1 is 1.26 bits per heavy atom. The average Bonchev–Trinajstić information content (AvgIpc) is 2.31. The minimum Gasteiger partial charge on any atom is -0.207 e. The second-order valence-corrected chi connectivity index (χ2v) is 7.69. The summed E-state index contributed by atoms with van der Waals surface area (Å²) in [7, 11) is -3.58. The normalized spacial score (nSPS) is 25.5. The molecule has 0 unspecified atom stereocenters. The Hall–Kier alpha value is -0.650. The van der Waals surface area contributed by atoms with E-state index in [0.29, 0.717) is 24.9 Å². The molecule has 0 bridgehead atoms. The molecule has 19 heavy (non-hydrogen) atoms. The molecule has 106 valence electrons. The average molecular weight is 306 g/mol. The van der Waals surface area contributed by atoms with Gasteiger partial charge in [0.05, 0.1) is 9.92 Å². The summed E-state index contributed by atoms with van der Waals surface area (Å²) in [5.41, 5.74) is 0. The highest BCUT2D eigenvalue weighted by Crippen LogP contribution is 2.28. The molecular weight excluding hydrogens is 289 g/mol. The van der Waals surface area contributed by atoms with Crippen LogP contribution in [-0.2, 0) is 10.0 Å². The van der Waals surface area contributed by atoms with E-state index in [1.165, 1.54) is 16.4 Å². The van der Waals surface area contributed by atoms with Crippen molar-refractivity contribution in [1.82, 2.24) is 4.31 Å². The number of halogens is 2. The van der Waals surface area contributed by atoms with E-state index in [9.17, 15) is 12.8 Å². The first kappa shape index (κ1) is 14.8. The van der Waals surface area contributed by atoms with Crippen LogP contribution in [0.25, 0.3) is 0 Å². The zero-order valence-electron chi connectivity index (χ0n) is 10.9. The quantitative estimate of drug-likeness (QED) is 0.842. The maximum atomic E-state index is 13.1. The lowest BCUT2D eigenvalue weighted by Crippen LogP contribution is -2.42. The number of nitrogens with zero attached hydrogens (tertiary/aromatic N) is 1. The van der Waals surface area contributed by atoms with E-state index < -0.39 is 15.8 Å². The summed E-state index contributed by atoms with van der Waals surface area (Å²) in [5, 5.41) is -0.167. The molecule has 0 aromatic heterocycles. The summed E-state index contributed by atoms with van der Waals surface area (Å²) in [6.07, 6.45) is 1.02. The van der Waals surface area contributed by atoms with Gasteiger partial charge in [-0.3, -0.25) is 0 Å². The van der Waals surface area contributed by atoms with Gasteiger partial charge in [0.1, 0.15) is 5.82 Å². The Kier molecular flexibility index (Phi) is 4.18. The van der Waals surface area contributed by atoms with E-state index in [2.05, 4.69) is 0 Å². The Morgan fingerprint density at radius 3 is 2.37 bits per heavy atom. The summed E-state index contributed by atoms with van der Waals surface area (Å²) in [5.74, 6) is 0.0462. The van der Waals surface area contributed by atoms with E-state index in [0.717, 1.165) is 12.5 Å². The third kappa shape index (κ3) is 3.09. The number of hydrogen-bond acceptors (Lipinski definition) is 2. The van der Waals surface area contributed by atoms with Gasteiger partial charge in [-0.05, 0) is 36.5 Å². The summed E-state index contributed by atoms with van der Waals surface area (Å²) >= 11 is 5.66. The van der Waals surface area contributed by atoms with Crippen molar-refractivity contribution in [3.63, 3.8) is 0 Å². The van der Waals surface area contributed by atoms with Crippen molar-refractivity contribution in [2.45, 2.75) is 25.2 Å². The van der Waals surface area contributed by atoms with Crippen molar-refractivity contribution in [1.29, 1.82) is 0 Å². The number of piperidine rings is 1. The van der Waals surface area contributed by atoms with Gasteiger partial charge in [0.15, 0.2) is 0 Å². The first-order valence-electron chi connectivity index (χ1n) is 6.26. The highest BCUT2D eigenvalue weighted by molar-refractivity contribution is 7.89. The fourth-order valence-electron chi connectivity index (χ4n) is 2.59. The lowest BCUT2D eigenvalue weighted by molar-refractivity contribution is 0.222. The Bertz CT molecular complexity index is 566. The van der Waals surface area contributed by atoms with Gasteiger partial charge in [0, 0.05) is 13.1 Å². The van der Waals surface area contributed by atoms with Gasteiger partial charge in [0.25, 0.3) is 0 Å². The lowest BCUT2D eigenvalue weighted by Gasteiger charge is -2.34. The standard InChI is InChI=1S/C13H17ClFNO2S/c1-9-5-10(2)8-16(7-9)19(17,18)11-3-4-13(15)12(14)6-11/h3-4,6,9-10H,5,7-8H2,1-2H3/t9-,10+. The van der Waals surface area contributed by atoms with Crippen LogP contribution < -0.4 is 0 Å². The first-order chi connectivity index (χ1) is 8.80. The number of benzene rings is 1. The number of sulfonamides is 1. The molecule has 1 fully saturated rings. The molecule has 1 heterocycles. The molecule has 0 N–H and O–H groups in total. The second-order valence-electron chi connectivity index (χ2n) is 5.34. The van der Waals surface area contributed by atoms with Gasteiger partial charge in [-0.15, -0.1) is 0 Å². The van der Waals surface area contributed by atoms with Crippen LogP contribution in [0.3, 0.4) is 0 Å². The summed E-state index contributed by atoms with van der Waals surface area (Å²) < 4.78 is 39.6. The molecular formula is C13H17ClFNO2S. The fourth-order valence-corrected chi connectivity index (χ4v) is 4.54. The monoisotopic (exact) mass is 305 g/mol.